The molecule has 0 amide bonds. The van der Waals surface area contributed by atoms with Gasteiger partial charge >= 0.3 is 0 Å². The standard InChI is InChI=1S/C17H15NO4/c1-20-17-9-3-12-2-6-15(10-16(12)22-17)21-14-7-4-13(5-8-14)18-11-19/h3-8,10,17H,2,9H2,1H3. The van der Waals surface area contributed by atoms with Crippen molar-refractivity contribution in [3.63, 3.8) is 0 Å². The molecule has 1 aromatic carbocycles. The average Bonchev–Trinajstić information content (AvgIpc) is 2.56. The first-order valence-electron chi connectivity index (χ1n) is 6.95. The monoisotopic (exact) mass is 297 g/mol. The van der Waals surface area contributed by atoms with Crippen molar-refractivity contribution >= 4 is 11.8 Å². The van der Waals surface area contributed by atoms with E-state index in [1.54, 1.807) is 31.4 Å². The largest absolute Gasteiger partial charge is 0.464 e. The molecule has 0 saturated carbocycles. The molecule has 0 radical (unpaired) electrons. The number of benzene rings is 1. The third kappa shape index (κ3) is 3.17. The van der Waals surface area contributed by atoms with Gasteiger partial charge in [0.15, 0.2) is 0 Å². The number of ether oxygens (including phenoxy) is 3. The predicted molar refractivity (Wildman–Crippen MR) is 80.2 cm³/mol. The van der Waals surface area contributed by atoms with Gasteiger partial charge in [-0.05, 0) is 42.3 Å². The van der Waals surface area contributed by atoms with E-state index >= 15 is 0 Å². The first-order valence-corrected chi connectivity index (χ1v) is 6.95. The van der Waals surface area contributed by atoms with Crippen LogP contribution >= 0.6 is 0 Å². The third-order valence-electron chi connectivity index (χ3n) is 3.44. The molecule has 1 aliphatic carbocycles. The number of aliphatic imine (C=N–C) groups is 1. The Morgan fingerprint density at radius 2 is 2.09 bits per heavy atom. The lowest BCUT2D eigenvalue weighted by Crippen LogP contribution is -2.20. The first kappa shape index (κ1) is 14.3. The van der Waals surface area contributed by atoms with E-state index in [1.807, 2.05) is 12.2 Å². The van der Waals surface area contributed by atoms with Gasteiger partial charge in [-0.25, -0.2) is 4.79 Å². The van der Waals surface area contributed by atoms with Crippen LogP contribution in [0.25, 0.3) is 0 Å². The Bertz CT molecular complexity index is 694. The van der Waals surface area contributed by atoms with Crippen LogP contribution < -0.4 is 4.74 Å². The second-order valence-corrected chi connectivity index (χ2v) is 4.87. The van der Waals surface area contributed by atoms with Crippen molar-refractivity contribution in [2.45, 2.75) is 19.1 Å². The van der Waals surface area contributed by atoms with E-state index in [0.717, 1.165) is 29.9 Å². The van der Waals surface area contributed by atoms with Crippen molar-refractivity contribution in [1.82, 2.24) is 0 Å². The molecule has 0 spiro atoms. The zero-order valence-electron chi connectivity index (χ0n) is 12.1. The fourth-order valence-electron chi connectivity index (χ4n) is 2.31. The molecule has 1 heterocycles. The summed E-state index contributed by atoms with van der Waals surface area (Å²) in [5.74, 6) is 2.17. The number of nitrogens with zero attached hydrogens (tertiary/aromatic N) is 1. The van der Waals surface area contributed by atoms with E-state index in [0.29, 0.717) is 11.4 Å². The van der Waals surface area contributed by atoms with Gasteiger partial charge in [-0.1, -0.05) is 6.08 Å². The Labute approximate surface area is 128 Å². The van der Waals surface area contributed by atoms with Gasteiger partial charge in [0.25, 0.3) is 0 Å². The van der Waals surface area contributed by atoms with Crippen molar-refractivity contribution in [2.24, 2.45) is 4.99 Å². The molecule has 0 aromatic heterocycles. The quantitative estimate of drug-likeness (QED) is 0.630. The summed E-state index contributed by atoms with van der Waals surface area (Å²) >= 11 is 0. The van der Waals surface area contributed by atoms with Crippen LogP contribution in [0.5, 0.6) is 5.75 Å². The van der Waals surface area contributed by atoms with Crippen LogP contribution in [0.3, 0.4) is 0 Å². The molecule has 2 aliphatic rings. The summed E-state index contributed by atoms with van der Waals surface area (Å²) in [6.45, 7) is 0. The van der Waals surface area contributed by atoms with Crippen LogP contribution in [-0.4, -0.2) is 19.5 Å². The highest BCUT2D eigenvalue weighted by molar-refractivity contribution is 5.50. The van der Waals surface area contributed by atoms with Crippen LogP contribution in [0.4, 0.5) is 5.69 Å². The van der Waals surface area contributed by atoms with E-state index in [9.17, 15) is 4.79 Å². The minimum absolute atomic E-state index is 0.241. The minimum atomic E-state index is -0.241. The molecule has 1 atom stereocenters. The topological polar surface area (TPSA) is 57.1 Å². The van der Waals surface area contributed by atoms with Gasteiger partial charge in [0, 0.05) is 19.6 Å². The summed E-state index contributed by atoms with van der Waals surface area (Å²) in [5, 5.41) is 0. The number of fused-ring (bicyclic) bond motifs is 1. The molecule has 0 bridgehead atoms. The minimum Gasteiger partial charge on any atom is -0.464 e. The lowest BCUT2D eigenvalue weighted by molar-refractivity contribution is -0.0938. The van der Waals surface area contributed by atoms with Crippen molar-refractivity contribution < 1.29 is 19.0 Å². The Balaban J connectivity index is 1.72. The maximum absolute atomic E-state index is 10.2. The number of methoxy groups -OCH3 is 1. The van der Waals surface area contributed by atoms with E-state index in [1.165, 1.54) is 6.08 Å². The Hall–Kier alpha value is -2.62. The van der Waals surface area contributed by atoms with E-state index < -0.39 is 0 Å². The van der Waals surface area contributed by atoms with Gasteiger partial charge in [0.05, 0.1) is 5.69 Å². The summed E-state index contributed by atoms with van der Waals surface area (Å²) in [4.78, 5) is 13.7. The van der Waals surface area contributed by atoms with Crippen molar-refractivity contribution in [2.75, 3.05) is 7.11 Å². The molecule has 3 rings (SSSR count). The van der Waals surface area contributed by atoms with Crippen LogP contribution in [0.15, 0.2) is 64.6 Å². The fraction of sp³-hybridized carbons (Fsp3) is 0.235. The smallest absolute Gasteiger partial charge is 0.240 e. The van der Waals surface area contributed by atoms with Crippen LogP contribution in [0.1, 0.15) is 12.8 Å². The third-order valence-corrected chi connectivity index (χ3v) is 3.44. The molecular weight excluding hydrogens is 282 g/mol. The maximum Gasteiger partial charge on any atom is 0.240 e. The van der Waals surface area contributed by atoms with Gasteiger partial charge in [0.1, 0.15) is 17.3 Å². The fourth-order valence-corrected chi connectivity index (χ4v) is 2.31. The Kier molecular flexibility index (Phi) is 4.19. The number of allylic oxidation sites excluding steroid dienone is 3. The highest BCUT2D eigenvalue weighted by atomic mass is 16.7. The number of carbonyl (C=O) groups excluding carboxylic acids is 1. The molecule has 0 fully saturated rings. The van der Waals surface area contributed by atoms with Gasteiger partial charge in [-0.15, -0.1) is 0 Å². The SMILES string of the molecule is COC1CC=C2CC=C(Oc3ccc(N=C=O)cc3)C=C2O1. The first-order chi connectivity index (χ1) is 10.8. The molecular formula is C17H15NO4. The number of hydrogen-bond donors (Lipinski definition) is 0. The number of rotatable bonds is 4. The summed E-state index contributed by atoms with van der Waals surface area (Å²) in [6, 6.07) is 6.89. The molecule has 1 unspecified atom stereocenters. The average molecular weight is 297 g/mol. The van der Waals surface area contributed by atoms with Crippen molar-refractivity contribution in [1.29, 1.82) is 0 Å². The second kappa shape index (κ2) is 6.43. The van der Waals surface area contributed by atoms with Gasteiger partial charge < -0.3 is 14.2 Å². The molecule has 5 heteroatoms. The second-order valence-electron chi connectivity index (χ2n) is 4.87. The highest BCUT2D eigenvalue weighted by Crippen LogP contribution is 2.31. The van der Waals surface area contributed by atoms with Crippen LogP contribution in [-0.2, 0) is 14.3 Å². The molecule has 5 nitrogen and oxygen atoms in total. The predicted octanol–water partition coefficient (Wildman–Crippen LogP) is 3.52. The maximum atomic E-state index is 10.2. The molecule has 0 saturated heterocycles. The van der Waals surface area contributed by atoms with Crippen LogP contribution in [0, 0.1) is 0 Å². The number of hydrogen-bond acceptors (Lipinski definition) is 5. The normalized spacial score (nSPS) is 19.7. The molecule has 112 valence electrons. The summed E-state index contributed by atoms with van der Waals surface area (Å²) in [6.07, 6.45) is 8.78. The number of isocyanates is 1. The lowest BCUT2D eigenvalue weighted by Gasteiger charge is -2.27. The summed E-state index contributed by atoms with van der Waals surface area (Å²) < 4.78 is 16.8. The summed E-state index contributed by atoms with van der Waals surface area (Å²) in [7, 11) is 1.63. The van der Waals surface area contributed by atoms with E-state index in [-0.39, 0.29) is 6.29 Å². The van der Waals surface area contributed by atoms with Gasteiger partial charge in [0.2, 0.25) is 12.4 Å². The van der Waals surface area contributed by atoms with Crippen molar-refractivity contribution in [3.05, 3.63) is 59.6 Å². The van der Waals surface area contributed by atoms with Gasteiger partial charge in [-0.2, -0.15) is 4.99 Å². The summed E-state index contributed by atoms with van der Waals surface area (Å²) in [5.41, 5.74) is 1.69. The molecule has 0 N–H and O–H groups in total. The highest BCUT2D eigenvalue weighted by Gasteiger charge is 2.22. The Morgan fingerprint density at radius 3 is 2.82 bits per heavy atom. The molecule has 1 aromatic rings. The van der Waals surface area contributed by atoms with Gasteiger partial charge in [-0.3, -0.25) is 0 Å². The van der Waals surface area contributed by atoms with E-state index in [4.69, 9.17) is 14.2 Å². The lowest BCUT2D eigenvalue weighted by atomic mass is 10.0. The zero-order valence-corrected chi connectivity index (χ0v) is 12.1. The molecule has 22 heavy (non-hydrogen) atoms. The zero-order chi connectivity index (χ0) is 15.4. The van der Waals surface area contributed by atoms with Crippen molar-refractivity contribution in [3.8, 4) is 5.75 Å². The molecule has 1 aliphatic heterocycles. The van der Waals surface area contributed by atoms with E-state index in [2.05, 4.69) is 11.1 Å². The Morgan fingerprint density at radius 1 is 1.27 bits per heavy atom. The van der Waals surface area contributed by atoms with Crippen LogP contribution in [0.2, 0.25) is 0 Å².